The number of hydrogen-bond donors (Lipinski definition) is 4. The molecule has 0 bridgehead atoms. The van der Waals surface area contributed by atoms with Crippen LogP contribution in [0.4, 0.5) is 56.9 Å². The van der Waals surface area contributed by atoms with Crippen molar-refractivity contribution in [1.29, 1.82) is 0 Å². The Kier molecular flexibility index (Phi) is 17.9. The first-order valence-electron chi connectivity index (χ1n) is 23.9. The first kappa shape index (κ1) is 64.0. The fourth-order valence-corrected chi connectivity index (χ4v) is 13.1. The van der Waals surface area contributed by atoms with Gasteiger partial charge in [-0.15, -0.1) is 30.7 Å². The molecule has 0 radical (unpaired) electrons. The number of nitro groups is 1. The first-order valence-corrected chi connectivity index (χ1v) is 32.6. The van der Waals surface area contributed by atoms with Gasteiger partial charge in [-0.25, -0.2) is 8.42 Å². The van der Waals surface area contributed by atoms with Crippen LogP contribution in [0.3, 0.4) is 0 Å². The van der Waals surface area contributed by atoms with E-state index in [4.69, 9.17) is 9.92 Å². The monoisotopic (exact) mass is 1310 g/mol. The van der Waals surface area contributed by atoms with Crippen LogP contribution in [-0.4, -0.2) is 98.6 Å². The van der Waals surface area contributed by atoms with Crippen LogP contribution < -0.4 is 5.73 Å². The molecule has 0 aromatic heterocycles. The van der Waals surface area contributed by atoms with Gasteiger partial charge in [0, 0.05) is 33.5 Å². The number of sulfone groups is 1. The summed E-state index contributed by atoms with van der Waals surface area (Å²) in [6.07, 6.45) is 0. The Morgan fingerprint density at radius 3 is 1.41 bits per heavy atom. The van der Waals surface area contributed by atoms with Crippen LogP contribution in [0.25, 0.3) is 21.5 Å². The van der Waals surface area contributed by atoms with Gasteiger partial charge in [-0.3, -0.25) is 31.4 Å². The van der Waals surface area contributed by atoms with Crippen molar-refractivity contribution in [1.82, 2.24) is 0 Å². The Balaban J connectivity index is 1.07. The van der Waals surface area contributed by atoms with E-state index in [0.717, 1.165) is 89.1 Å². The molecule has 0 aliphatic carbocycles. The number of aromatic hydroxyl groups is 2. The van der Waals surface area contributed by atoms with E-state index in [0.29, 0.717) is 11.6 Å². The Morgan fingerprint density at radius 1 is 0.471 bits per heavy atom. The number of nitrogen functional groups attached to an aromatic ring is 1. The number of azo groups is 4. The molecule has 454 valence electrons. The lowest BCUT2D eigenvalue weighted by Gasteiger charge is -2.13. The summed E-state index contributed by atoms with van der Waals surface area (Å²) >= 11 is 0. The molecule has 0 unspecified atom stereocenters. The molecule has 87 heavy (non-hydrogen) atoms. The molecule has 5 N–H and O–H groups in total. The van der Waals surface area contributed by atoms with E-state index in [9.17, 15) is 75.4 Å². The normalized spacial score (nSPS) is 13.1. The van der Waals surface area contributed by atoms with E-state index in [-0.39, 0.29) is 65.3 Å². The largest absolute Gasteiger partial charge is 0.505 e. The van der Waals surface area contributed by atoms with Gasteiger partial charge < -0.3 is 15.9 Å². The maximum absolute atomic E-state index is 13.8. The van der Waals surface area contributed by atoms with Crippen molar-refractivity contribution in [2.24, 2.45) is 40.9 Å². The van der Waals surface area contributed by atoms with Gasteiger partial charge in [0.1, 0.15) is 37.5 Å². The average Bonchev–Trinajstić information content (AvgIpc) is 2.48. The van der Waals surface area contributed by atoms with Gasteiger partial charge in [0.2, 0.25) is 9.84 Å². The third-order valence-corrected chi connectivity index (χ3v) is 20.1. The fraction of sp³-hybridized carbons (Fsp3) is 0.120. The number of phenols is 2. The average molecular weight is 1310 g/mol. The van der Waals surface area contributed by atoms with Crippen LogP contribution in [-0.2, 0) is 82.9 Å². The molecular formula is C50H42N10O21S6. The minimum absolute atomic E-state index is 0.0154. The van der Waals surface area contributed by atoms with Crippen LogP contribution in [0.15, 0.2) is 192 Å². The number of anilines is 1. The number of hydrogen-bond acceptors (Lipinski definition) is 29. The van der Waals surface area contributed by atoms with Gasteiger partial charge in [0.15, 0.2) is 17.2 Å². The van der Waals surface area contributed by atoms with E-state index in [1.54, 1.807) is 6.92 Å². The molecule has 0 heterocycles. The molecule has 0 saturated heterocycles. The molecule has 8 rings (SSSR count). The zero-order valence-electron chi connectivity index (χ0n) is 45.0. The molecule has 0 fully saturated rings. The zero-order chi connectivity index (χ0) is 63.8. The van der Waals surface area contributed by atoms with E-state index in [2.05, 4.69) is 53.5 Å². The number of nitro benzene ring substituents is 1. The van der Waals surface area contributed by atoms with E-state index >= 15 is 0 Å². The molecule has 8 aromatic rings. The number of nitrogens with two attached hydrogens (primary N) is 1. The highest BCUT2D eigenvalue weighted by Crippen LogP contribution is 2.48. The van der Waals surface area contributed by atoms with E-state index in [1.165, 1.54) is 54.6 Å². The van der Waals surface area contributed by atoms with Gasteiger partial charge in [0.25, 0.3) is 56.3 Å². The van der Waals surface area contributed by atoms with Crippen molar-refractivity contribution >= 4 is 139 Å². The topological polar surface area (TPSA) is 470 Å². The molecule has 0 aliphatic heterocycles. The number of aryl methyl sites for hydroxylation is 1. The smallest absolute Gasteiger partial charge is 0.299 e. The lowest BCUT2D eigenvalue weighted by Crippen LogP contribution is -2.07. The fourth-order valence-electron chi connectivity index (χ4n) is 8.19. The number of rotatable bonds is 21. The van der Waals surface area contributed by atoms with Crippen molar-refractivity contribution in [3.05, 3.63) is 143 Å². The Labute approximate surface area is 494 Å². The van der Waals surface area contributed by atoms with Crippen LogP contribution in [0.1, 0.15) is 11.1 Å². The Bertz CT molecular complexity index is 5010. The first-order chi connectivity index (χ1) is 40.8. The van der Waals surface area contributed by atoms with Gasteiger partial charge in [-0.1, -0.05) is 6.07 Å². The van der Waals surface area contributed by atoms with Crippen molar-refractivity contribution in [3.63, 3.8) is 0 Å². The van der Waals surface area contributed by atoms with Gasteiger partial charge in [-0.2, -0.15) is 52.3 Å². The second kappa shape index (κ2) is 24.4. The maximum atomic E-state index is 13.8. The molecule has 31 nitrogen and oxygen atoms in total. The van der Waals surface area contributed by atoms with Gasteiger partial charge in [-0.05, 0) is 122 Å². The Hall–Kier alpha value is -9.02. The number of nitrogens with zero attached hydrogens (tertiary/aromatic N) is 9. The molecule has 0 spiro atoms. The minimum atomic E-state index is -4.85. The molecule has 0 atom stereocenters. The standard InChI is InChI=1S/C50H42N10O21S6/c1-27-6-18-38(55-57-41-20-16-34(85(72,73)79-3)24-43(41)86(74,75)80-4)35-22-28(26-82(65,66)67)47(49(61)45(27)35)58-52-29-7-11-31(12-8-29)83(68,69)32-13-9-30(10-14-32)53-59-48-44(87(76,77)81-5)25-36-39(21-17-37(51)46(36)50(48)62)54-56-40-19-15-33(84(70,71)78-2)23-42(40)60(63)64/h6-25,61-62H,26,51H2,1-5H3,(H,65,66,67). The zero-order valence-corrected chi connectivity index (χ0v) is 49.9. The molecule has 0 aliphatic rings. The van der Waals surface area contributed by atoms with Gasteiger partial charge >= 0.3 is 0 Å². The molecule has 0 saturated carbocycles. The summed E-state index contributed by atoms with van der Waals surface area (Å²) < 4.78 is 182. The Morgan fingerprint density at radius 2 is 0.897 bits per heavy atom. The maximum Gasteiger partial charge on any atom is 0.299 e. The second-order valence-corrected chi connectivity index (χ2v) is 28.0. The lowest BCUT2D eigenvalue weighted by atomic mass is 9.99. The summed E-state index contributed by atoms with van der Waals surface area (Å²) in [5.41, 5.74) is 3.05. The van der Waals surface area contributed by atoms with Crippen molar-refractivity contribution in [2.45, 2.75) is 42.0 Å². The highest BCUT2D eigenvalue weighted by molar-refractivity contribution is 7.91. The lowest BCUT2D eigenvalue weighted by molar-refractivity contribution is -0.384. The van der Waals surface area contributed by atoms with E-state index < -0.39 is 131 Å². The second-order valence-electron chi connectivity index (χ2n) is 17.8. The van der Waals surface area contributed by atoms with E-state index in [1.807, 2.05) is 0 Å². The SMILES string of the molecule is COS(=O)(=O)c1ccc(N=Nc2ccc(N)c3c(O)c(N=Nc4ccc(S(=O)(=O)c5ccc(N=Nc6c(CS(=O)(=O)O)cc7c(N=Nc8ccc(S(=O)(=O)OC)cc8S(=O)(=O)OC)ccc(C)c7c6O)cc5)cc4)c(S(=O)(=O)OC)cc23)c([N+](=O)[O-])c1. The predicted molar refractivity (Wildman–Crippen MR) is 307 cm³/mol. The van der Waals surface area contributed by atoms with Crippen LogP contribution in [0, 0.1) is 17.0 Å². The summed E-state index contributed by atoms with van der Waals surface area (Å²) in [5.74, 6) is -2.63. The molecule has 0 amide bonds. The third-order valence-electron chi connectivity index (χ3n) is 12.5. The predicted octanol–water partition coefficient (Wildman–Crippen LogP) is 10.4. The van der Waals surface area contributed by atoms with Gasteiger partial charge in [0.05, 0.1) is 76.2 Å². The van der Waals surface area contributed by atoms with Crippen molar-refractivity contribution in [2.75, 3.05) is 34.2 Å². The molecule has 37 heteroatoms. The molecule has 8 aromatic carbocycles. The summed E-state index contributed by atoms with van der Waals surface area (Å²) in [7, 11) is -23.9. The van der Waals surface area contributed by atoms with Crippen molar-refractivity contribution in [3.8, 4) is 11.5 Å². The van der Waals surface area contributed by atoms with Crippen LogP contribution >= 0.6 is 0 Å². The summed E-state index contributed by atoms with van der Waals surface area (Å²) in [6.45, 7) is 1.56. The summed E-state index contributed by atoms with van der Waals surface area (Å²) in [6, 6.07) is 22.4. The highest BCUT2D eigenvalue weighted by Gasteiger charge is 2.29. The summed E-state index contributed by atoms with van der Waals surface area (Å²) in [5, 5.41) is 66.9. The number of fused-ring (bicyclic) bond motifs is 2. The van der Waals surface area contributed by atoms with Crippen molar-refractivity contribution < 1.29 is 86.9 Å². The quantitative estimate of drug-likeness (QED) is 0.0130. The minimum Gasteiger partial charge on any atom is -0.505 e. The number of phenolic OH excluding ortho intramolecular Hbond substituents is 2. The molecular weight excluding hydrogens is 1270 g/mol. The third kappa shape index (κ3) is 13.4. The number of benzene rings is 8. The van der Waals surface area contributed by atoms with Crippen LogP contribution in [0.5, 0.6) is 11.5 Å². The highest BCUT2D eigenvalue weighted by atomic mass is 32.2. The van der Waals surface area contributed by atoms with Crippen LogP contribution in [0.2, 0.25) is 0 Å². The summed E-state index contributed by atoms with van der Waals surface area (Å²) in [4.78, 5) is 7.82.